The number of furan rings is 1. The first-order valence-electron chi connectivity index (χ1n) is 7.90. The maximum atomic E-state index is 13.1. The highest BCUT2D eigenvalue weighted by molar-refractivity contribution is 5.89. The number of fused-ring (bicyclic) bond motifs is 1. The van der Waals surface area contributed by atoms with E-state index in [9.17, 15) is 4.39 Å². The van der Waals surface area contributed by atoms with Gasteiger partial charge >= 0.3 is 0 Å². The Hall–Kier alpha value is -2.73. The Labute approximate surface area is 139 Å². The number of nitrogens with one attached hydrogen (secondary N) is 2. The highest BCUT2D eigenvalue weighted by atomic mass is 19.1. The smallest absolute Gasteiger partial charge is 0.229 e. The summed E-state index contributed by atoms with van der Waals surface area (Å²) in [5.74, 6) is 0.532. The van der Waals surface area contributed by atoms with Gasteiger partial charge in [-0.05, 0) is 30.7 Å². The summed E-state index contributed by atoms with van der Waals surface area (Å²) < 4.78 is 18.7. The molecule has 1 aromatic carbocycles. The monoisotopic (exact) mass is 326 g/mol. The van der Waals surface area contributed by atoms with Crippen molar-refractivity contribution in [2.75, 3.05) is 0 Å². The van der Waals surface area contributed by atoms with Crippen molar-refractivity contribution in [2.45, 2.75) is 26.8 Å². The van der Waals surface area contributed by atoms with E-state index in [0.29, 0.717) is 5.71 Å². The molecule has 6 heteroatoms. The van der Waals surface area contributed by atoms with Crippen molar-refractivity contribution in [1.82, 2.24) is 20.8 Å². The average molecular weight is 326 g/mol. The van der Waals surface area contributed by atoms with Gasteiger partial charge in [0, 0.05) is 11.8 Å². The third kappa shape index (κ3) is 2.88. The lowest BCUT2D eigenvalue weighted by molar-refractivity contribution is 0.567. The fraction of sp³-hybridized carbons (Fsp3) is 0.222. The molecule has 124 valence electrons. The molecule has 0 spiro atoms. The second-order valence-corrected chi connectivity index (χ2v) is 5.17. The predicted molar refractivity (Wildman–Crippen MR) is 91.3 cm³/mol. The predicted octanol–water partition coefficient (Wildman–Crippen LogP) is 3.89. The fourth-order valence-corrected chi connectivity index (χ4v) is 2.69. The number of hydrogen-bond acceptors (Lipinski definition) is 5. The van der Waals surface area contributed by atoms with Crippen LogP contribution in [0.3, 0.4) is 0 Å². The molecular weight excluding hydrogens is 307 g/mol. The van der Waals surface area contributed by atoms with Gasteiger partial charge in [0.05, 0.1) is 17.1 Å². The summed E-state index contributed by atoms with van der Waals surface area (Å²) in [5, 5.41) is 0.865. The van der Waals surface area contributed by atoms with Crippen molar-refractivity contribution in [2.24, 2.45) is 0 Å². The molecule has 1 unspecified atom stereocenters. The number of aryl methyl sites for hydroxylation is 1. The van der Waals surface area contributed by atoms with E-state index in [2.05, 4.69) is 20.8 Å². The van der Waals surface area contributed by atoms with Gasteiger partial charge in [-0.1, -0.05) is 26.0 Å². The van der Waals surface area contributed by atoms with Gasteiger partial charge < -0.3 is 9.84 Å². The van der Waals surface area contributed by atoms with Crippen LogP contribution in [-0.4, -0.2) is 9.97 Å². The molecule has 0 saturated carbocycles. The molecule has 3 aromatic rings. The average Bonchev–Trinajstić information content (AvgIpc) is 3.22. The van der Waals surface area contributed by atoms with Crippen molar-refractivity contribution in [1.29, 1.82) is 0 Å². The number of benzene rings is 1. The highest BCUT2D eigenvalue weighted by Gasteiger charge is 2.25. The number of halogens is 1. The van der Waals surface area contributed by atoms with Crippen LogP contribution in [0.1, 0.15) is 36.9 Å². The van der Waals surface area contributed by atoms with Gasteiger partial charge in [0.2, 0.25) is 5.71 Å². The molecule has 5 nitrogen and oxygen atoms in total. The lowest BCUT2D eigenvalue weighted by Gasteiger charge is -2.15. The number of aromatic nitrogens is 2. The second kappa shape index (κ2) is 6.80. The normalized spacial score (nSPS) is 16.3. The maximum absolute atomic E-state index is 13.1. The molecule has 2 aromatic heterocycles. The van der Waals surface area contributed by atoms with Crippen LogP contribution in [0.5, 0.6) is 0 Å². The van der Waals surface area contributed by atoms with Crippen LogP contribution in [0, 0.1) is 12.7 Å². The Morgan fingerprint density at radius 2 is 1.88 bits per heavy atom. The van der Waals surface area contributed by atoms with E-state index in [-0.39, 0.29) is 11.9 Å². The molecule has 1 atom stereocenters. The van der Waals surface area contributed by atoms with Gasteiger partial charge in [-0.15, -0.1) is 0 Å². The summed E-state index contributed by atoms with van der Waals surface area (Å²) in [7, 11) is 0. The molecule has 4 rings (SSSR count). The van der Waals surface area contributed by atoms with Crippen molar-refractivity contribution < 1.29 is 8.81 Å². The lowest BCUT2D eigenvalue weighted by atomic mass is 9.97. The molecule has 3 heterocycles. The molecule has 0 fully saturated rings. The van der Waals surface area contributed by atoms with E-state index >= 15 is 0 Å². The van der Waals surface area contributed by atoms with Crippen molar-refractivity contribution in [3.63, 3.8) is 0 Å². The largest absolute Gasteiger partial charge is 0.443 e. The topological polar surface area (TPSA) is 63.0 Å². The van der Waals surface area contributed by atoms with Crippen molar-refractivity contribution >= 4 is 16.7 Å². The van der Waals surface area contributed by atoms with E-state index in [0.717, 1.165) is 28.0 Å². The van der Waals surface area contributed by atoms with E-state index in [4.69, 9.17) is 4.42 Å². The van der Waals surface area contributed by atoms with Gasteiger partial charge in [-0.3, -0.25) is 0 Å². The van der Waals surface area contributed by atoms with Crippen LogP contribution in [0.15, 0.2) is 47.3 Å². The van der Waals surface area contributed by atoms with Gasteiger partial charge in [-0.2, -0.15) is 0 Å². The zero-order chi connectivity index (χ0) is 17.1. The molecule has 1 aliphatic heterocycles. The molecule has 0 amide bonds. The van der Waals surface area contributed by atoms with E-state index in [1.807, 2.05) is 33.0 Å². The van der Waals surface area contributed by atoms with Crippen LogP contribution >= 0.6 is 0 Å². The maximum Gasteiger partial charge on any atom is 0.229 e. The zero-order valence-electron chi connectivity index (χ0n) is 13.8. The summed E-state index contributed by atoms with van der Waals surface area (Å²) >= 11 is 0. The van der Waals surface area contributed by atoms with E-state index < -0.39 is 0 Å². The Morgan fingerprint density at radius 3 is 2.62 bits per heavy atom. The van der Waals surface area contributed by atoms with Crippen LogP contribution in [-0.2, 0) is 0 Å². The molecule has 0 bridgehead atoms. The molecule has 24 heavy (non-hydrogen) atoms. The molecule has 2 N–H and O–H groups in total. The molecular formula is C18H19FN4O. The van der Waals surface area contributed by atoms with Crippen LogP contribution in [0.4, 0.5) is 4.39 Å². The zero-order valence-corrected chi connectivity index (χ0v) is 13.8. The molecule has 0 radical (unpaired) electrons. The van der Waals surface area contributed by atoms with Crippen LogP contribution < -0.4 is 10.9 Å². The van der Waals surface area contributed by atoms with Gasteiger partial charge in [0.1, 0.15) is 17.9 Å². The Kier molecular flexibility index (Phi) is 4.57. The van der Waals surface area contributed by atoms with Crippen LogP contribution in [0.25, 0.3) is 16.7 Å². The molecule has 1 aliphatic rings. The van der Waals surface area contributed by atoms with Crippen molar-refractivity contribution in [3.8, 4) is 0 Å². The lowest BCUT2D eigenvalue weighted by Crippen LogP contribution is -2.25. The number of rotatable bonds is 2. The minimum Gasteiger partial charge on any atom is -0.443 e. The minimum absolute atomic E-state index is 0.117. The van der Waals surface area contributed by atoms with Gasteiger partial charge in [-0.25, -0.2) is 19.8 Å². The van der Waals surface area contributed by atoms with Crippen LogP contribution in [0.2, 0.25) is 0 Å². The van der Waals surface area contributed by atoms with Gasteiger partial charge in [0.15, 0.2) is 0 Å². The quantitative estimate of drug-likeness (QED) is 0.748. The first-order chi connectivity index (χ1) is 11.7. The first-order valence-corrected chi connectivity index (χ1v) is 7.90. The van der Waals surface area contributed by atoms with Gasteiger partial charge in [0.25, 0.3) is 0 Å². The molecule has 0 saturated heterocycles. The summed E-state index contributed by atoms with van der Waals surface area (Å²) in [6.07, 6.45) is 3.35. The summed E-state index contributed by atoms with van der Waals surface area (Å²) in [6, 6.07) is 8.22. The number of nitrogens with zero attached hydrogens (tertiary/aromatic N) is 2. The summed E-state index contributed by atoms with van der Waals surface area (Å²) in [6.45, 7) is 5.88. The van der Waals surface area contributed by atoms with E-state index in [1.54, 1.807) is 12.1 Å². The highest BCUT2D eigenvalue weighted by Crippen LogP contribution is 2.34. The summed E-state index contributed by atoms with van der Waals surface area (Å²) in [4.78, 5) is 8.55. The van der Waals surface area contributed by atoms with E-state index in [1.165, 1.54) is 18.5 Å². The Morgan fingerprint density at radius 1 is 1.12 bits per heavy atom. The molecule has 0 aliphatic carbocycles. The Bertz CT molecular complexity index is 870. The SMILES string of the molecule is CC.Cc1cc2c(C3=CNNC3c3ccc(F)cc3)ncnc2o1. The Balaban J connectivity index is 0.000000815. The minimum atomic E-state index is -0.255. The van der Waals surface area contributed by atoms with Crippen molar-refractivity contribution in [3.05, 3.63) is 65.7 Å². The summed E-state index contributed by atoms with van der Waals surface area (Å²) in [5.41, 5.74) is 9.43. The third-order valence-electron chi connectivity index (χ3n) is 3.70. The first kappa shape index (κ1) is 16.1. The number of hydrazine groups is 1. The number of hydrogen-bond donors (Lipinski definition) is 2. The second-order valence-electron chi connectivity index (χ2n) is 5.17. The fourth-order valence-electron chi connectivity index (χ4n) is 2.69. The third-order valence-corrected chi connectivity index (χ3v) is 3.70. The standard InChI is InChI=1S/C16H13FN4O.C2H6/c1-9-6-12-15(18-8-19-16(12)22-9)13-7-20-21-14(13)10-2-4-11(17)5-3-10;1-2/h2-8,14,20-21H,1H3;1-2H3.